The van der Waals surface area contributed by atoms with Crippen molar-refractivity contribution in [1.29, 1.82) is 0 Å². The molecule has 164 valence electrons. The van der Waals surface area contributed by atoms with Gasteiger partial charge in [-0.05, 0) is 36.8 Å². The predicted octanol–water partition coefficient (Wildman–Crippen LogP) is 3.54. The van der Waals surface area contributed by atoms with Gasteiger partial charge in [-0.15, -0.1) is 11.3 Å². The van der Waals surface area contributed by atoms with Gasteiger partial charge in [0.1, 0.15) is 9.36 Å². The molecule has 1 aliphatic heterocycles. The molecule has 7 nitrogen and oxygen atoms in total. The van der Waals surface area contributed by atoms with Gasteiger partial charge in [-0.3, -0.25) is 4.79 Å². The number of nitrogens with zero attached hydrogens (tertiary/aromatic N) is 3. The number of carbonyl (C=O) groups excluding carboxylic acids is 1. The number of carbonyl (C=O) groups is 1. The molecule has 1 fully saturated rings. The van der Waals surface area contributed by atoms with Gasteiger partial charge in [-0.25, -0.2) is 17.8 Å². The predicted molar refractivity (Wildman–Crippen MR) is 121 cm³/mol. The number of nitrogens with one attached hydrogen (secondary N) is 1. The van der Waals surface area contributed by atoms with Crippen molar-refractivity contribution in [1.82, 2.24) is 19.4 Å². The van der Waals surface area contributed by atoms with Crippen molar-refractivity contribution < 1.29 is 13.2 Å². The van der Waals surface area contributed by atoms with Crippen molar-refractivity contribution in [2.24, 2.45) is 0 Å². The number of benzene rings is 1. The topological polar surface area (TPSA) is 84.3 Å². The Balaban J connectivity index is 1.41. The van der Waals surface area contributed by atoms with Crippen molar-refractivity contribution >= 4 is 38.9 Å². The van der Waals surface area contributed by atoms with E-state index in [4.69, 9.17) is 11.6 Å². The lowest BCUT2D eigenvalue weighted by Crippen LogP contribution is -2.46. The molecule has 3 aromatic rings. The van der Waals surface area contributed by atoms with E-state index in [1.54, 1.807) is 34.0 Å². The van der Waals surface area contributed by atoms with E-state index in [-0.39, 0.29) is 11.9 Å². The number of sulfonamides is 1. The van der Waals surface area contributed by atoms with Gasteiger partial charge in [0.05, 0.1) is 17.8 Å². The first kappa shape index (κ1) is 22.0. The molecule has 0 atom stereocenters. The molecule has 0 unspecified atom stereocenters. The summed E-state index contributed by atoms with van der Waals surface area (Å²) in [4.78, 5) is 14.9. The lowest BCUT2D eigenvalue weighted by Gasteiger charge is -2.32. The molecule has 1 amide bonds. The SMILES string of the molecule is Cc1nn(Cc2ccccc2)c(Cl)c1C(=O)N1CCC(NS(=O)(=O)c2cccs2)CC1. The van der Waals surface area contributed by atoms with Crippen LogP contribution < -0.4 is 4.72 Å². The fourth-order valence-corrected chi connectivity index (χ4v) is 6.34. The summed E-state index contributed by atoms with van der Waals surface area (Å²) in [5, 5.41) is 6.52. The highest BCUT2D eigenvalue weighted by molar-refractivity contribution is 7.91. The summed E-state index contributed by atoms with van der Waals surface area (Å²) in [6.45, 7) is 3.18. The van der Waals surface area contributed by atoms with E-state index >= 15 is 0 Å². The van der Waals surface area contributed by atoms with Gasteiger partial charge in [0.25, 0.3) is 5.91 Å². The first-order valence-corrected chi connectivity index (χ1v) is 12.7. The molecule has 0 aliphatic carbocycles. The number of hydrogen-bond acceptors (Lipinski definition) is 5. The third kappa shape index (κ3) is 4.85. The van der Waals surface area contributed by atoms with Crippen LogP contribution in [-0.2, 0) is 16.6 Å². The number of likely N-dealkylation sites (tertiary alicyclic amines) is 1. The Kier molecular flexibility index (Phi) is 6.47. The Bertz CT molecular complexity index is 1150. The summed E-state index contributed by atoms with van der Waals surface area (Å²) in [5.74, 6) is -0.165. The van der Waals surface area contributed by atoms with E-state index in [1.807, 2.05) is 30.3 Å². The Hall–Kier alpha value is -2.20. The van der Waals surface area contributed by atoms with Crippen LogP contribution in [0.4, 0.5) is 0 Å². The van der Waals surface area contributed by atoms with E-state index < -0.39 is 10.0 Å². The average Bonchev–Trinajstić information content (AvgIpc) is 3.38. The van der Waals surface area contributed by atoms with Crippen molar-refractivity contribution in [3.8, 4) is 0 Å². The third-order valence-electron chi connectivity index (χ3n) is 5.32. The van der Waals surface area contributed by atoms with Crippen LogP contribution in [0, 0.1) is 6.92 Å². The number of thiophene rings is 1. The van der Waals surface area contributed by atoms with Gasteiger partial charge < -0.3 is 4.90 Å². The fraction of sp³-hybridized carbons (Fsp3) is 0.333. The van der Waals surface area contributed by atoms with E-state index in [2.05, 4.69) is 9.82 Å². The molecule has 0 saturated carbocycles. The van der Waals surface area contributed by atoms with Crippen LogP contribution in [0.25, 0.3) is 0 Å². The van der Waals surface area contributed by atoms with Crippen LogP contribution in [0.3, 0.4) is 0 Å². The average molecular weight is 479 g/mol. The Morgan fingerprint density at radius 3 is 2.55 bits per heavy atom. The zero-order chi connectivity index (χ0) is 22.0. The summed E-state index contributed by atoms with van der Waals surface area (Å²) in [5.41, 5.74) is 2.05. The van der Waals surface area contributed by atoms with E-state index in [9.17, 15) is 13.2 Å². The normalized spacial score (nSPS) is 15.4. The van der Waals surface area contributed by atoms with Gasteiger partial charge in [-0.2, -0.15) is 5.10 Å². The maximum atomic E-state index is 13.1. The second-order valence-corrected chi connectivity index (χ2v) is 10.8. The number of aromatic nitrogens is 2. The van der Waals surface area contributed by atoms with Gasteiger partial charge in [0, 0.05) is 19.1 Å². The number of amides is 1. The maximum Gasteiger partial charge on any atom is 0.258 e. The number of rotatable bonds is 6. The minimum Gasteiger partial charge on any atom is -0.338 e. The summed E-state index contributed by atoms with van der Waals surface area (Å²) in [7, 11) is -3.52. The molecule has 1 saturated heterocycles. The zero-order valence-corrected chi connectivity index (χ0v) is 19.4. The highest BCUT2D eigenvalue weighted by atomic mass is 35.5. The first-order chi connectivity index (χ1) is 14.8. The summed E-state index contributed by atoms with van der Waals surface area (Å²) >= 11 is 7.72. The van der Waals surface area contributed by atoms with Crippen molar-refractivity contribution in [2.45, 2.75) is 36.6 Å². The Labute approximate surface area is 190 Å². The van der Waals surface area contributed by atoms with Crippen molar-refractivity contribution in [3.63, 3.8) is 0 Å². The molecule has 10 heteroatoms. The minimum absolute atomic E-state index is 0.165. The van der Waals surface area contributed by atoms with Crippen molar-refractivity contribution in [3.05, 3.63) is 69.8 Å². The molecule has 1 aliphatic rings. The lowest BCUT2D eigenvalue weighted by atomic mass is 10.1. The van der Waals surface area contributed by atoms with Crippen LogP contribution in [0.2, 0.25) is 5.15 Å². The van der Waals surface area contributed by atoms with E-state index in [0.717, 1.165) is 5.56 Å². The monoisotopic (exact) mass is 478 g/mol. The van der Waals surface area contributed by atoms with Gasteiger partial charge in [-0.1, -0.05) is 48.0 Å². The molecular formula is C21H23ClN4O3S2. The highest BCUT2D eigenvalue weighted by Crippen LogP contribution is 2.25. The highest BCUT2D eigenvalue weighted by Gasteiger charge is 2.30. The summed E-state index contributed by atoms with van der Waals surface area (Å²) in [6, 6.07) is 12.9. The molecular weight excluding hydrogens is 456 g/mol. The molecule has 31 heavy (non-hydrogen) atoms. The number of piperidine rings is 1. The van der Waals surface area contributed by atoms with Crippen LogP contribution in [0.15, 0.2) is 52.1 Å². The molecule has 2 aromatic heterocycles. The Morgan fingerprint density at radius 1 is 1.19 bits per heavy atom. The van der Waals surface area contributed by atoms with Crippen LogP contribution in [0.5, 0.6) is 0 Å². The van der Waals surface area contributed by atoms with Crippen LogP contribution >= 0.6 is 22.9 Å². The first-order valence-electron chi connectivity index (χ1n) is 9.97. The molecule has 1 N–H and O–H groups in total. The van der Waals surface area contributed by atoms with Gasteiger partial charge >= 0.3 is 0 Å². The number of hydrogen-bond donors (Lipinski definition) is 1. The van der Waals surface area contributed by atoms with E-state index in [1.165, 1.54) is 11.3 Å². The lowest BCUT2D eigenvalue weighted by molar-refractivity contribution is 0.0710. The molecule has 0 spiro atoms. The molecule has 0 bridgehead atoms. The zero-order valence-electron chi connectivity index (χ0n) is 17.0. The second kappa shape index (κ2) is 9.12. The molecule has 1 aromatic carbocycles. The quantitative estimate of drug-likeness (QED) is 0.587. The fourth-order valence-electron chi connectivity index (χ4n) is 3.71. The van der Waals surface area contributed by atoms with Crippen molar-refractivity contribution in [2.75, 3.05) is 13.1 Å². The second-order valence-electron chi connectivity index (χ2n) is 7.51. The molecule has 3 heterocycles. The third-order valence-corrected chi connectivity index (χ3v) is 8.62. The Morgan fingerprint density at radius 2 is 1.90 bits per heavy atom. The molecule has 0 radical (unpaired) electrons. The maximum absolute atomic E-state index is 13.1. The van der Waals surface area contributed by atoms with Gasteiger partial charge in [0.2, 0.25) is 10.0 Å². The number of aryl methyl sites for hydroxylation is 1. The summed E-state index contributed by atoms with van der Waals surface area (Å²) < 4.78 is 29.6. The smallest absolute Gasteiger partial charge is 0.258 e. The summed E-state index contributed by atoms with van der Waals surface area (Å²) in [6.07, 6.45) is 1.09. The van der Waals surface area contributed by atoms with Gasteiger partial charge in [0.15, 0.2) is 0 Å². The number of halogens is 1. The van der Waals surface area contributed by atoms with Crippen LogP contribution in [0.1, 0.15) is 34.5 Å². The van der Waals surface area contributed by atoms with Crippen LogP contribution in [-0.4, -0.2) is 48.1 Å². The van der Waals surface area contributed by atoms with E-state index in [0.29, 0.717) is 53.1 Å². The largest absolute Gasteiger partial charge is 0.338 e. The standard InChI is InChI=1S/C21H23ClN4O3S2/c1-15-19(20(22)26(23-15)14-16-6-3-2-4-7-16)21(27)25-11-9-17(10-12-25)24-31(28,29)18-8-5-13-30-18/h2-8,13,17,24H,9-12,14H2,1H3. The molecule has 4 rings (SSSR count). The minimum atomic E-state index is -3.52.